The van der Waals surface area contributed by atoms with Crippen molar-refractivity contribution in [3.05, 3.63) is 104 Å². The van der Waals surface area contributed by atoms with Crippen molar-refractivity contribution in [2.45, 2.75) is 75.1 Å². The zero-order chi connectivity index (χ0) is 45.7. The van der Waals surface area contributed by atoms with Crippen LogP contribution in [0.3, 0.4) is 0 Å². The number of aromatic nitrogens is 3. The molecule has 0 radical (unpaired) electrons. The molecule has 2 unspecified atom stereocenters. The van der Waals surface area contributed by atoms with E-state index in [0.29, 0.717) is 16.7 Å². The van der Waals surface area contributed by atoms with Gasteiger partial charge in [0, 0.05) is 35.2 Å². The second-order valence-electron chi connectivity index (χ2n) is 14.8. The van der Waals surface area contributed by atoms with Gasteiger partial charge in [-0.15, -0.1) is 0 Å². The first-order valence-corrected chi connectivity index (χ1v) is 19.3. The quantitative estimate of drug-likeness (QED) is 0.0597. The number of benzene rings is 2. The molecule has 330 valence electrons. The number of carbonyl (C=O) groups excluding carboxylic acids is 3. The van der Waals surface area contributed by atoms with E-state index in [1.807, 2.05) is 0 Å². The third-order valence-corrected chi connectivity index (χ3v) is 10.7. The molecule has 4 aromatic rings. The van der Waals surface area contributed by atoms with E-state index in [-0.39, 0.29) is 90.0 Å². The Morgan fingerprint density at radius 1 is 0.730 bits per heavy atom. The molecule has 4 atom stereocenters. The standard InChI is InChI=1S/C40H42N10O13/c41-38-47-29-26(33(57)49-38)21(10-5-17-1-6-19(7-2-17)31(55)43-22(35(59)60)11-13-24(51)52)28(45-29)40(27-30(46-37(40)63)48-39(42)50-34(27)58)16-15-18-3-8-20(9-4-18)32(56)44-23(36(61)62)12-14-25(53)54/h1-4,6-9,22-23,33,45,57H,5,10-16H2,(H,43,55)(H,44,56)(H,51,52)(H,53,54)(H,59,60)(H,61,62)(H3,41,47,49)(H4,42,46,48,50,58,63)/t22-,23-,33?,40?/m1/s1. The maximum Gasteiger partial charge on any atom is 0.326 e. The van der Waals surface area contributed by atoms with Crippen LogP contribution < -0.4 is 38.3 Å². The lowest BCUT2D eigenvalue weighted by molar-refractivity contribution is -0.142. The summed E-state index contributed by atoms with van der Waals surface area (Å²) in [5.74, 6) is -7.73. The molecule has 2 aliphatic heterocycles. The summed E-state index contributed by atoms with van der Waals surface area (Å²) < 4.78 is 0. The number of hydrogen-bond acceptors (Lipinski definition) is 14. The Morgan fingerprint density at radius 2 is 1.25 bits per heavy atom. The Hall–Kier alpha value is -8.08. The number of aliphatic hydroxyl groups excluding tert-OH is 1. The lowest BCUT2D eigenvalue weighted by Crippen LogP contribution is -2.41. The van der Waals surface area contributed by atoms with Crippen molar-refractivity contribution in [2.24, 2.45) is 10.7 Å². The number of aryl methyl sites for hydroxylation is 2. The fourth-order valence-corrected chi connectivity index (χ4v) is 7.60. The molecular weight excluding hydrogens is 828 g/mol. The van der Waals surface area contributed by atoms with Crippen molar-refractivity contribution in [2.75, 3.05) is 16.4 Å². The van der Waals surface area contributed by atoms with Crippen LogP contribution in [0.2, 0.25) is 0 Å². The number of nitrogens with two attached hydrogens (primary N) is 2. The van der Waals surface area contributed by atoms with Crippen LogP contribution in [0.5, 0.6) is 0 Å². The number of aliphatic carboxylic acids is 4. The number of H-pyrrole nitrogens is 2. The second kappa shape index (κ2) is 18.3. The molecule has 63 heavy (non-hydrogen) atoms. The van der Waals surface area contributed by atoms with Crippen molar-refractivity contribution in [1.29, 1.82) is 0 Å². The summed E-state index contributed by atoms with van der Waals surface area (Å²) in [7, 11) is 0. The van der Waals surface area contributed by atoms with Crippen molar-refractivity contribution in [3.63, 3.8) is 0 Å². The highest BCUT2D eigenvalue weighted by molar-refractivity contribution is 6.08. The number of anilines is 3. The third-order valence-electron chi connectivity index (χ3n) is 10.7. The van der Waals surface area contributed by atoms with E-state index in [0.717, 1.165) is 0 Å². The predicted molar refractivity (Wildman–Crippen MR) is 220 cm³/mol. The van der Waals surface area contributed by atoms with Gasteiger partial charge in [-0.05, 0) is 79.5 Å². The van der Waals surface area contributed by atoms with Gasteiger partial charge in [-0.1, -0.05) is 24.3 Å². The molecule has 0 bridgehead atoms. The first-order valence-electron chi connectivity index (χ1n) is 19.3. The number of carbonyl (C=O) groups is 7. The van der Waals surface area contributed by atoms with Gasteiger partial charge in [0.25, 0.3) is 17.4 Å². The maximum atomic E-state index is 14.5. The molecule has 0 saturated heterocycles. The summed E-state index contributed by atoms with van der Waals surface area (Å²) in [6.07, 6.45) is -2.80. The number of nitrogen functional groups attached to an aromatic ring is 1. The Bertz CT molecular complexity index is 2590. The minimum absolute atomic E-state index is 0.0703. The highest BCUT2D eigenvalue weighted by Crippen LogP contribution is 2.48. The first-order chi connectivity index (χ1) is 29.9. The summed E-state index contributed by atoms with van der Waals surface area (Å²) in [5, 5.41) is 58.3. The molecule has 0 fully saturated rings. The minimum Gasteiger partial charge on any atom is -0.481 e. The van der Waals surface area contributed by atoms with Crippen LogP contribution >= 0.6 is 0 Å². The van der Waals surface area contributed by atoms with Gasteiger partial charge in [-0.2, -0.15) is 4.98 Å². The Balaban J connectivity index is 1.32. The van der Waals surface area contributed by atoms with Gasteiger partial charge in [-0.25, -0.2) is 14.6 Å². The third kappa shape index (κ3) is 9.62. The SMILES string of the molecule is NC1=NC(O)c2c([nH]c(C3(CCc4ccc(C(=O)N[C@H](CCC(=O)O)C(=O)O)cc4)C(=O)Nc4nc(N)[nH]c(=O)c43)c2CCc2ccc(C(=O)N[C@H](CCC(=O)O)C(=O)O)cc2)N1. The van der Waals surface area contributed by atoms with E-state index in [4.69, 9.17) is 21.7 Å². The van der Waals surface area contributed by atoms with Crippen LogP contribution in [0.1, 0.15) is 92.6 Å². The number of hydrogen-bond donors (Lipinski definition) is 13. The van der Waals surface area contributed by atoms with Gasteiger partial charge >= 0.3 is 23.9 Å². The van der Waals surface area contributed by atoms with E-state index < -0.39 is 83.7 Å². The number of amides is 3. The fourth-order valence-electron chi connectivity index (χ4n) is 7.60. The normalized spacial score (nSPS) is 17.2. The molecular formula is C40H42N10O13. The summed E-state index contributed by atoms with van der Waals surface area (Å²) in [6, 6.07) is 9.21. The molecule has 3 amide bonds. The van der Waals surface area contributed by atoms with Gasteiger partial charge in [0.15, 0.2) is 12.2 Å². The van der Waals surface area contributed by atoms with Crippen LogP contribution in [-0.2, 0) is 48.7 Å². The number of guanidine groups is 1. The summed E-state index contributed by atoms with van der Waals surface area (Å²) in [6.45, 7) is 0. The summed E-state index contributed by atoms with van der Waals surface area (Å²) in [4.78, 5) is 113. The largest absolute Gasteiger partial charge is 0.481 e. The van der Waals surface area contributed by atoms with Crippen molar-refractivity contribution in [1.82, 2.24) is 25.6 Å². The highest BCUT2D eigenvalue weighted by Gasteiger charge is 2.54. The maximum absolute atomic E-state index is 14.5. The molecule has 23 nitrogen and oxygen atoms in total. The van der Waals surface area contributed by atoms with Gasteiger partial charge in [0.2, 0.25) is 11.9 Å². The minimum atomic E-state index is -1.83. The van der Waals surface area contributed by atoms with Crippen LogP contribution in [0.25, 0.3) is 0 Å². The number of aromatic amines is 2. The first kappa shape index (κ1) is 44.5. The number of nitrogens with one attached hydrogen (secondary N) is 6. The van der Waals surface area contributed by atoms with Gasteiger partial charge < -0.3 is 63.3 Å². The Kier molecular flexibility index (Phi) is 12.9. The molecule has 2 aliphatic rings. The molecule has 15 N–H and O–H groups in total. The van der Waals surface area contributed by atoms with E-state index in [2.05, 4.69) is 41.2 Å². The van der Waals surface area contributed by atoms with Crippen LogP contribution in [0, 0.1) is 0 Å². The fraction of sp³-hybridized carbons (Fsp3) is 0.300. The molecule has 2 aromatic heterocycles. The number of aliphatic hydroxyl groups is 1. The van der Waals surface area contributed by atoms with E-state index in [9.17, 15) is 53.7 Å². The average Bonchev–Trinajstić information content (AvgIpc) is 3.73. The van der Waals surface area contributed by atoms with Crippen molar-refractivity contribution in [3.8, 4) is 0 Å². The van der Waals surface area contributed by atoms with Crippen molar-refractivity contribution >= 4 is 65.1 Å². The van der Waals surface area contributed by atoms with Crippen molar-refractivity contribution < 1.29 is 59.1 Å². The molecule has 0 aliphatic carbocycles. The number of rotatable bonds is 19. The predicted octanol–water partition coefficient (Wildman–Crippen LogP) is 0.163. The van der Waals surface area contributed by atoms with Crippen LogP contribution in [-0.4, -0.2) is 100 Å². The van der Waals surface area contributed by atoms with Gasteiger partial charge in [0.1, 0.15) is 29.1 Å². The number of aliphatic imine (C=N–C) groups is 1. The van der Waals surface area contributed by atoms with Crippen LogP contribution in [0.15, 0.2) is 58.3 Å². The lowest BCUT2D eigenvalue weighted by Gasteiger charge is -2.28. The topological polar surface area (TPSA) is 395 Å². The molecule has 0 spiro atoms. The van der Waals surface area contributed by atoms with E-state index >= 15 is 0 Å². The molecule has 23 heteroatoms. The highest BCUT2D eigenvalue weighted by atomic mass is 16.4. The lowest BCUT2D eigenvalue weighted by atomic mass is 9.72. The second-order valence-corrected chi connectivity index (χ2v) is 14.8. The number of carboxylic acids is 4. The zero-order valence-corrected chi connectivity index (χ0v) is 33.1. The Labute approximate surface area is 355 Å². The van der Waals surface area contributed by atoms with Crippen LogP contribution in [0.4, 0.5) is 17.6 Å². The monoisotopic (exact) mass is 870 g/mol. The van der Waals surface area contributed by atoms with E-state index in [1.165, 1.54) is 24.3 Å². The van der Waals surface area contributed by atoms with Gasteiger partial charge in [-0.3, -0.25) is 33.8 Å². The number of nitrogens with zero attached hydrogens (tertiary/aromatic N) is 2. The summed E-state index contributed by atoms with van der Waals surface area (Å²) in [5.41, 5.74) is 11.4. The van der Waals surface area contributed by atoms with E-state index in [1.54, 1.807) is 24.3 Å². The average molecular weight is 871 g/mol. The summed E-state index contributed by atoms with van der Waals surface area (Å²) >= 11 is 0. The zero-order valence-electron chi connectivity index (χ0n) is 33.1. The smallest absolute Gasteiger partial charge is 0.326 e. The number of carboxylic acid groups (broad SMARTS) is 4. The van der Waals surface area contributed by atoms with Gasteiger partial charge in [0.05, 0.1) is 5.56 Å². The molecule has 6 rings (SSSR count). The number of fused-ring (bicyclic) bond motifs is 2. The Morgan fingerprint density at radius 3 is 1.76 bits per heavy atom. The molecule has 2 aromatic carbocycles. The molecule has 0 saturated carbocycles. The molecule has 4 heterocycles.